The summed E-state index contributed by atoms with van der Waals surface area (Å²) >= 11 is 0. The number of alkyl halides is 1. The second kappa shape index (κ2) is 6.38. The second-order valence-corrected chi connectivity index (χ2v) is 12.2. The molecule has 1 aliphatic rings. The van der Waals surface area contributed by atoms with Crippen LogP contribution in [0.25, 0.3) is 0 Å². The van der Waals surface area contributed by atoms with Gasteiger partial charge in [0.25, 0.3) is 5.56 Å². The van der Waals surface area contributed by atoms with Crippen molar-refractivity contribution in [3.8, 4) is 0 Å². The maximum Gasteiger partial charge on any atom is 0.330 e. The maximum atomic E-state index is 14.9. The molecule has 0 aromatic carbocycles. The van der Waals surface area contributed by atoms with E-state index in [4.69, 9.17) is 9.16 Å². The van der Waals surface area contributed by atoms with E-state index in [1.807, 2.05) is 38.8 Å². The van der Waals surface area contributed by atoms with Crippen molar-refractivity contribution >= 4 is 14.6 Å². The molecule has 1 aromatic rings. The van der Waals surface area contributed by atoms with Crippen LogP contribution in [-0.4, -0.2) is 42.5 Å². The van der Waals surface area contributed by atoms with Crippen LogP contribution in [-0.2, 0) is 14.0 Å². The van der Waals surface area contributed by atoms with Gasteiger partial charge in [0, 0.05) is 12.3 Å². The van der Waals surface area contributed by atoms with Crippen molar-refractivity contribution in [1.82, 2.24) is 9.55 Å². The molecule has 9 heteroatoms. The highest BCUT2D eigenvalue weighted by Gasteiger charge is 2.51. The highest BCUT2D eigenvalue weighted by molar-refractivity contribution is 6.74. The van der Waals surface area contributed by atoms with Gasteiger partial charge in [-0.1, -0.05) is 20.8 Å². The van der Waals surface area contributed by atoms with Gasteiger partial charge in [-0.05, 0) is 18.1 Å². The fourth-order valence-corrected chi connectivity index (χ4v) is 3.56. The number of carbonyl (C=O) groups excluding carboxylic acids is 1. The molecule has 0 radical (unpaired) electrons. The molecular formula is C15H23FN2O5Si. The number of aromatic nitrogens is 2. The van der Waals surface area contributed by atoms with Crippen LogP contribution in [0.3, 0.4) is 0 Å². The average Bonchev–Trinajstić information content (AvgIpc) is 2.74. The first-order valence-corrected chi connectivity index (χ1v) is 10.6. The third-order valence-electron chi connectivity index (χ3n) is 4.70. The number of nitrogens with zero attached hydrogens (tertiary/aromatic N) is 1. The minimum Gasteiger partial charge on any atom is -0.408 e. The summed E-state index contributed by atoms with van der Waals surface area (Å²) in [6.45, 7) is 9.90. The van der Waals surface area contributed by atoms with E-state index in [9.17, 15) is 18.8 Å². The Hall–Kier alpha value is -1.58. The predicted octanol–water partition coefficient (Wildman–Crippen LogP) is 1.36. The molecule has 1 fully saturated rings. The number of halogens is 1. The van der Waals surface area contributed by atoms with Gasteiger partial charge in [0.05, 0.1) is 0 Å². The summed E-state index contributed by atoms with van der Waals surface area (Å²) in [4.78, 5) is 36.4. The maximum absolute atomic E-state index is 14.9. The van der Waals surface area contributed by atoms with Crippen LogP contribution >= 0.6 is 0 Å². The van der Waals surface area contributed by atoms with Gasteiger partial charge >= 0.3 is 5.69 Å². The quantitative estimate of drug-likeness (QED) is 0.648. The Morgan fingerprint density at radius 2 is 2.00 bits per heavy atom. The van der Waals surface area contributed by atoms with Crippen LogP contribution in [0.5, 0.6) is 0 Å². The highest BCUT2D eigenvalue weighted by Crippen LogP contribution is 2.41. The highest BCUT2D eigenvalue weighted by atomic mass is 28.4. The van der Waals surface area contributed by atoms with E-state index in [0.29, 0.717) is 6.29 Å². The van der Waals surface area contributed by atoms with Crippen LogP contribution in [0.2, 0.25) is 18.1 Å². The molecule has 2 rings (SSSR count). The van der Waals surface area contributed by atoms with Gasteiger partial charge in [-0.15, -0.1) is 0 Å². The average molecular weight is 358 g/mol. The van der Waals surface area contributed by atoms with Gasteiger partial charge in [0.15, 0.2) is 27.0 Å². The number of hydrogen-bond donors (Lipinski definition) is 1. The van der Waals surface area contributed by atoms with Crippen molar-refractivity contribution in [3.63, 3.8) is 0 Å². The Bertz CT molecular complexity index is 724. The van der Waals surface area contributed by atoms with Crippen molar-refractivity contribution in [2.75, 3.05) is 0 Å². The van der Waals surface area contributed by atoms with E-state index in [0.717, 1.165) is 16.8 Å². The molecule has 1 N–H and O–H groups in total. The van der Waals surface area contributed by atoms with Crippen molar-refractivity contribution in [2.24, 2.45) is 0 Å². The van der Waals surface area contributed by atoms with Gasteiger partial charge < -0.3 is 14.0 Å². The molecule has 1 saturated heterocycles. The lowest BCUT2D eigenvalue weighted by Crippen LogP contribution is -2.48. The minimum absolute atomic E-state index is 0.174. The van der Waals surface area contributed by atoms with E-state index in [1.165, 1.54) is 0 Å². The number of H-pyrrole nitrogens is 1. The normalized spacial score (nSPS) is 28.1. The number of aromatic amines is 1. The fourth-order valence-electron chi connectivity index (χ4n) is 2.26. The van der Waals surface area contributed by atoms with E-state index in [2.05, 4.69) is 0 Å². The van der Waals surface area contributed by atoms with Crippen LogP contribution in [0, 0.1) is 0 Å². The minimum atomic E-state index is -2.35. The second-order valence-electron chi connectivity index (χ2n) is 7.43. The Morgan fingerprint density at radius 3 is 2.50 bits per heavy atom. The molecule has 2 heterocycles. The van der Waals surface area contributed by atoms with Crippen LogP contribution < -0.4 is 11.2 Å². The summed E-state index contributed by atoms with van der Waals surface area (Å²) in [5.41, 5.74) is -1.39. The predicted molar refractivity (Wildman–Crippen MR) is 88.3 cm³/mol. The third kappa shape index (κ3) is 3.42. The third-order valence-corrected chi connectivity index (χ3v) is 9.18. The Labute approximate surface area is 139 Å². The Balaban J connectivity index is 2.33. The molecule has 1 aliphatic heterocycles. The number of nitrogens with one attached hydrogen (secondary N) is 1. The molecule has 134 valence electrons. The lowest BCUT2D eigenvalue weighted by atomic mass is 10.1. The number of aldehydes is 1. The monoisotopic (exact) mass is 358 g/mol. The van der Waals surface area contributed by atoms with Gasteiger partial charge in [0.2, 0.25) is 0 Å². The van der Waals surface area contributed by atoms with Crippen LogP contribution in [0.15, 0.2) is 21.9 Å². The zero-order valence-corrected chi connectivity index (χ0v) is 15.4. The topological polar surface area (TPSA) is 90.4 Å². The molecule has 0 saturated carbocycles. The lowest BCUT2D eigenvalue weighted by molar-refractivity contribution is -0.122. The summed E-state index contributed by atoms with van der Waals surface area (Å²) < 4.78 is 27.3. The zero-order chi connectivity index (χ0) is 18.3. The first kappa shape index (κ1) is 18.8. The van der Waals surface area contributed by atoms with E-state index in [1.54, 1.807) is 0 Å². The van der Waals surface area contributed by atoms with Crippen molar-refractivity contribution in [1.29, 1.82) is 0 Å². The van der Waals surface area contributed by atoms with E-state index < -0.39 is 44.2 Å². The summed E-state index contributed by atoms with van der Waals surface area (Å²) in [7, 11) is -2.35. The standard InChI is InChI=1S/C15H23FN2O5Si/c1-15(2,3)24(4,5)23-12-9(8-19)22-13(11(12)16)18-7-6-10(20)17-14(18)21/h6-9,11-13H,1-5H3,(H,17,20,21)/t9-,11-,12-,13-/m1/s1. The number of rotatable bonds is 4. The summed E-state index contributed by atoms with van der Waals surface area (Å²) in [5.74, 6) is 0. The molecule has 4 atom stereocenters. The van der Waals surface area contributed by atoms with Crippen LogP contribution in [0.1, 0.15) is 27.0 Å². The summed E-state index contributed by atoms with van der Waals surface area (Å²) in [5, 5.41) is -0.174. The van der Waals surface area contributed by atoms with E-state index in [-0.39, 0.29) is 5.04 Å². The van der Waals surface area contributed by atoms with Crippen LogP contribution in [0.4, 0.5) is 4.39 Å². The van der Waals surface area contributed by atoms with Crippen molar-refractivity contribution in [3.05, 3.63) is 33.1 Å². The first-order chi connectivity index (χ1) is 11.0. The number of ether oxygens (including phenoxy) is 1. The van der Waals surface area contributed by atoms with Gasteiger partial charge in [-0.25, -0.2) is 9.18 Å². The van der Waals surface area contributed by atoms with Crippen molar-refractivity contribution in [2.45, 2.75) is 63.5 Å². The lowest BCUT2D eigenvalue weighted by Gasteiger charge is -2.39. The van der Waals surface area contributed by atoms with Gasteiger partial charge in [-0.3, -0.25) is 14.3 Å². The SMILES string of the molecule is CC(C)(C)[Si](C)(C)O[C@H]1[C@@H](F)[C@H](n2ccc(=O)[nH]c2=O)O[C@@H]1C=O. The summed E-state index contributed by atoms with van der Waals surface area (Å²) in [6.07, 6.45) is -3.60. The molecule has 7 nitrogen and oxygen atoms in total. The number of carbonyl (C=O) groups is 1. The molecule has 0 bridgehead atoms. The molecule has 0 amide bonds. The molecule has 1 aromatic heterocycles. The molecule has 0 spiro atoms. The molecule has 0 aliphatic carbocycles. The molecule has 0 unspecified atom stereocenters. The first-order valence-electron chi connectivity index (χ1n) is 7.72. The smallest absolute Gasteiger partial charge is 0.330 e. The number of hydrogen-bond acceptors (Lipinski definition) is 5. The largest absolute Gasteiger partial charge is 0.408 e. The Morgan fingerprint density at radius 1 is 1.38 bits per heavy atom. The molecular weight excluding hydrogens is 335 g/mol. The molecule has 24 heavy (non-hydrogen) atoms. The Kier molecular flexibility index (Phi) is 4.98. The van der Waals surface area contributed by atoms with Gasteiger partial charge in [0.1, 0.15) is 12.2 Å². The van der Waals surface area contributed by atoms with Gasteiger partial charge in [-0.2, -0.15) is 0 Å². The fraction of sp³-hybridized carbons (Fsp3) is 0.667. The zero-order valence-electron chi connectivity index (χ0n) is 14.4. The van der Waals surface area contributed by atoms with Crippen molar-refractivity contribution < 1.29 is 18.3 Å². The summed E-state index contributed by atoms with van der Waals surface area (Å²) in [6, 6.07) is 1.09. The van der Waals surface area contributed by atoms with E-state index >= 15 is 0 Å².